The van der Waals surface area contributed by atoms with Gasteiger partial charge in [0.15, 0.2) is 0 Å². The van der Waals surface area contributed by atoms with Crippen LogP contribution >= 0.6 is 15.9 Å². The molecule has 0 unspecified atom stereocenters. The molecule has 0 spiro atoms. The molecule has 0 radical (unpaired) electrons. The van der Waals surface area contributed by atoms with Crippen molar-refractivity contribution in [2.75, 3.05) is 6.54 Å². The van der Waals surface area contributed by atoms with Crippen LogP contribution in [0.25, 0.3) is 5.69 Å². The lowest BCUT2D eigenvalue weighted by molar-refractivity contribution is 0.774. The highest BCUT2D eigenvalue weighted by Gasteiger charge is 2.07. The molecule has 1 aromatic heterocycles. The topological polar surface area (TPSA) is 56.7 Å². The highest BCUT2D eigenvalue weighted by molar-refractivity contribution is 9.10. The van der Waals surface area contributed by atoms with Crippen molar-refractivity contribution in [2.24, 2.45) is 5.73 Å². The van der Waals surface area contributed by atoms with Crippen molar-refractivity contribution in [2.45, 2.75) is 26.2 Å². The molecule has 96 valence electrons. The van der Waals surface area contributed by atoms with E-state index in [2.05, 4.69) is 45.3 Å². The molecule has 5 heteroatoms. The van der Waals surface area contributed by atoms with E-state index in [1.807, 2.05) is 16.9 Å². The quantitative estimate of drug-likeness (QED) is 0.923. The van der Waals surface area contributed by atoms with Crippen LogP contribution in [-0.2, 0) is 12.8 Å². The van der Waals surface area contributed by atoms with Crippen LogP contribution in [0.2, 0.25) is 0 Å². The predicted octanol–water partition coefficient (Wildman–Crippen LogP) is 2.48. The second kappa shape index (κ2) is 6.11. The van der Waals surface area contributed by atoms with Crippen molar-refractivity contribution in [3.8, 4) is 5.69 Å². The third kappa shape index (κ3) is 2.97. The smallest absolute Gasteiger partial charge is 0.0832 e. The second-order valence-electron chi connectivity index (χ2n) is 4.17. The molecule has 4 nitrogen and oxygen atoms in total. The Bertz CT molecular complexity index is 521. The van der Waals surface area contributed by atoms with Crippen LogP contribution in [-0.4, -0.2) is 21.5 Å². The van der Waals surface area contributed by atoms with Crippen LogP contribution in [0.4, 0.5) is 0 Å². The Morgan fingerprint density at radius 1 is 1.39 bits per heavy atom. The molecule has 0 atom stereocenters. The zero-order valence-electron chi connectivity index (χ0n) is 10.4. The Kier molecular flexibility index (Phi) is 4.49. The van der Waals surface area contributed by atoms with Crippen molar-refractivity contribution >= 4 is 15.9 Å². The van der Waals surface area contributed by atoms with E-state index in [-0.39, 0.29) is 0 Å². The monoisotopic (exact) mass is 308 g/mol. The number of benzene rings is 1. The summed E-state index contributed by atoms with van der Waals surface area (Å²) in [6.07, 6.45) is 4.78. The maximum atomic E-state index is 5.50. The van der Waals surface area contributed by atoms with Gasteiger partial charge in [0.2, 0.25) is 0 Å². The molecule has 0 fully saturated rings. The molecular weight excluding hydrogens is 292 g/mol. The van der Waals surface area contributed by atoms with Crippen molar-refractivity contribution in [1.82, 2.24) is 15.0 Å². The molecule has 0 aliphatic carbocycles. The highest BCUT2D eigenvalue weighted by atomic mass is 79.9. The van der Waals surface area contributed by atoms with E-state index >= 15 is 0 Å². The number of rotatable bonds is 5. The number of aryl methyl sites for hydroxylation is 2. The third-order valence-corrected chi connectivity index (χ3v) is 3.34. The molecule has 18 heavy (non-hydrogen) atoms. The van der Waals surface area contributed by atoms with Crippen molar-refractivity contribution in [3.63, 3.8) is 0 Å². The number of aromatic nitrogens is 3. The average Bonchev–Trinajstić information content (AvgIpc) is 2.84. The number of hydrogen-bond acceptors (Lipinski definition) is 3. The van der Waals surface area contributed by atoms with Gasteiger partial charge in [-0.05, 0) is 49.6 Å². The average molecular weight is 309 g/mol. The molecule has 2 aromatic rings. The molecule has 0 aliphatic heterocycles. The maximum Gasteiger partial charge on any atom is 0.0832 e. The first-order valence-corrected chi connectivity index (χ1v) is 6.94. The fraction of sp³-hybridized carbons (Fsp3) is 0.385. The lowest BCUT2D eigenvalue weighted by atomic mass is 10.1. The van der Waals surface area contributed by atoms with E-state index in [9.17, 15) is 0 Å². The summed E-state index contributed by atoms with van der Waals surface area (Å²) in [4.78, 5) is 0. The van der Waals surface area contributed by atoms with E-state index < -0.39 is 0 Å². The van der Waals surface area contributed by atoms with E-state index in [0.29, 0.717) is 6.54 Å². The normalized spacial score (nSPS) is 10.8. The lowest BCUT2D eigenvalue weighted by Gasteiger charge is -2.07. The summed E-state index contributed by atoms with van der Waals surface area (Å²) in [7, 11) is 0. The molecule has 1 aromatic carbocycles. The van der Waals surface area contributed by atoms with Crippen molar-refractivity contribution in [1.29, 1.82) is 0 Å². The van der Waals surface area contributed by atoms with Gasteiger partial charge in [0.25, 0.3) is 0 Å². The van der Waals surface area contributed by atoms with E-state index in [1.165, 1.54) is 5.56 Å². The Hall–Kier alpha value is -1.20. The van der Waals surface area contributed by atoms with Crippen molar-refractivity contribution in [3.05, 3.63) is 40.1 Å². The summed E-state index contributed by atoms with van der Waals surface area (Å²) in [5.41, 5.74) is 8.83. The first-order valence-electron chi connectivity index (χ1n) is 6.14. The Morgan fingerprint density at radius 2 is 2.22 bits per heavy atom. The minimum absolute atomic E-state index is 0.686. The second-order valence-corrected chi connectivity index (χ2v) is 5.09. The molecule has 0 saturated heterocycles. The van der Waals surface area contributed by atoms with E-state index in [1.54, 1.807) is 0 Å². The minimum Gasteiger partial charge on any atom is -0.330 e. The van der Waals surface area contributed by atoms with Gasteiger partial charge < -0.3 is 5.73 Å². The number of hydrogen-bond donors (Lipinski definition) is 1. The van der Waals surface area contributed by atoms with Crippen LogP contribution in [0.15, 0.2) is 28.9 Å². The first kappa shape index (κ1) is 13.2. The maximum absolute atomic E-state index is 5.50. The lowest BCUT2D eigenvalue weighted by Crippen LogP contribution is -2.00. The van der Waals surface area contributed by atoms with Gasteiger partial charge in [0, 0.05) is 4.47 Å². The van der Waals surface area contributed by atoms with Crippen molar-refractivity contribution < 1.29 is 0 Å². The van der Waals surface area contributed by atoms with Crippen LogP contribution in [0, 0.1) is 0 Å². The van der Waals surface area contributed by atoms with Gasteiger partial charge in [-0.15, -0.1) is 5.10 Å². The van der Waals surface area contributed by atoms with Gasteiger partial charge in [-0.2, -0.15) is 0 Å². The van der Waals surface area contributed by atoms with Gasteiger partial charge in [-0.1, -0.05) is 28.1 Å². The zero-order chi connectivity index (χ0) is 13.0. The summed E-state index contributed by atoms with van der Waals surface area (Å²) in [5.74, 6) is 0. The summed E-state index contributed by atoms with van der Waals surface area (Å²) >= 11 is 3.49. The van der Waals surface area contributed by atoms with Gasteiger partial charge in [-0.25, -0.2) is 4.68 Å². The van der Waals surface area contributed by atoms with E-state index in [4.69, 9.17) is 5.73 Å². The molecular formula is C13H17BrN4. The Balaban J connectivity index is 2.28. The molecule has 1 heterocycles. The SMILES string of the molecule is CCc1cc(Br)ccc1-n1cc(CCCN)nn1. The third-order valence-electron chi connectivity index (χ3n) is 2.85. The largest absolute Gasteiger partial charge is 0.330 e. The number of nitrogens with two attached hydrogens (primary N) is 1. The first-order chi connectivity index (χ1) is 8.74. The molecule has 0 amide bonds. The van der Waals surface area contributed by atoms with Crippen LogP contribution in [0.3, 0.4) is 0 Å². The highest BCUT2D eigenvalue weighted by Crippen LogP contribution is 2.20. The molecule has 2 N–H and O–H groups in total. The van der Waals surface area contributed by atoms with Gasteiger partial charge in [-0.3, -0.25) is 0 Å². The Morgan fingerprint density at radius 3 is 2.94 bits per heavy atom. The number of halogens is 1. The van der Waals surface area contributed by atoms with Crippen LogP contribution in [0.5, 0.6) is 0 Å². The summed E-state index contributed by atoms with van der Waals surface area (Å²) in [6, 6.07) is 6.20. The Labute approximate surface area is 115 Å². The van der Waals surface area contributed by atoms with Gasteiger partial charge in [0.05, 0.1) is 17.6 Å². The molecule has 0 bridgehead atoms. The number of nitrogens with zero attached hydrogens (tertiary/aromatic N) is 3. The van der Waals surface area contributed by atoms with Gasteiger partial charge >= 0.3 is 0 Å². The zero-order valence-corrected chi connectivity index (χ0v) is 12.0. The summed E-state index contributed by atoms with van der Waals surface area (Å²) < 4.78 is 2.93. The van der Waals surface area contributed by atoms with Crippen LogP contribution < -0.4 is 5.73 Å². The standard InChI is InChI=1S/C13H17BrN4/c1-2-10-8-11(14)5-6-13(10)18-9-12(16-17-18)4-3-7-15/h5-6,8-9H,2-4,7,15H2,1H3. The fourth-order valence-corrected chi connectivity index (χ4v) is 2.28. The molecule has 2 rings (SSSR count). The predicted molar refractivity (Wildman–Crippen MR) is 75.8 cm³/mol. The molecule has 0 saturated carbocycles. The summed E-state index contributed by atoms with van der Waals surface area (Å²) in [6.45, 7) is 2.82. The van der Waals surface area contributed by atoms with Crippen LogP contribution in [0.1, 0.15) is 24.6 Å². The summed E-state index contributed by atoms with van der Waals surface area (Å²) in [5, 5.41) is 8.36. The molecule has 0 aliphatic rings. The minimum atomic E-state index is 0.686. The van der Waals surface area contributed by atoms with E-state index in [0.717, 1.165) is 35.1 Å². The fourth-order valence-electron chi connectivity index (χ4n) is 1.87. The van der Waals surface area contributed by atoms with Gasteiger partial charge in [0.1, 0.15) is 0 Å².